The first-order valence-electron chi connectivity index (χ1n) is 1.69. The van der Waals surface area contributed by atoms with Gasteiger partial charge in [0.25, 0.3) is 0 Å². The molecule has 0 aliphatic heterocycles. The number of hydrogen-bond acceptors (Lipinski definition) is 0. The highest BCUT2D eigenvalue weighted by atomic mass is 127. The zero-order chi connectivity index (χ0) is 7.00. The number of halogens is 5. The zero-order valence-electron chi connectivity index (χ0n) is 3.89. The first kappa shape index (κ1) is 9.25. The van der Waals surface area contributed by atoms with Crippen molar-refractivity contribution in [3.05, 3.63) is 0 Å². The van der Waals surface area contributed by atoms with Gasteiger partial charge in [-0.1, -0.05) is 45.2 Å². The summed E-state index contributed by atoms with van der Waals surface area (Å²) >= 11 is 2.69. The van der Waals surface area contributed by atoms with Crippen molar-refractivity contribution in [2.75, 3.05) is 0 Å². The summed E-state index contributed by atoms with van der Waals surface area (Å²) in [5.41, 5.74) is 0. The van der Waals surface area contributed by atoms with Crippen LogP contribution >= 0.6 is 45.2 Å². The van der Waals surface area contributed by atoms with Crippen LogP contribution in [0, 0.1) is 0 Å². The normalized spacial score (nSPS) is 14.2. The molecule has 0 aromatic heterocycles. The van der Waals surface area contributed by atoms with Crippen LogP contribution in [0.5, 0.6) is 0 Å². The fourth-order valence-corrected chi connectivity index (χ4v) is 0. The molecule has 0 aliphatic carbocycles. The van der Waals surface area contributed by atoms with Crippen molar-refractivity contribution in [2.24, 2.45) is 0 Å². The van der Waals surface area contributed by atoms with Crippen molar-refractivity contribution in [3.63, 3.8) is 0 Å². The molecule has 5 heteroatoms. The molecule has 0 amide bonds. The van der Waals surface area contributed by atoms with Gasteiger partial charge in [0, 0.05) is 0 Å². The fraction of sp³-hybridized carbons (Fsp3) is 1.00. The number of rotatable bonds is 0. The molecule has 0 aromatic carbocycles. The van der Waals surface area contributed by atoms with Crippen molar-refractivity contribution in [2.45, 2.75) is 14.5 Å². The van der Waals surface area contributed by atoms with Crippen LogP contribution in [0.2, 0.25) is 0 Å². The second-order valence-electron chi connectivity index (χ2n) is 1.39. The van der Waals surface area contributed by atoms with E-state index >= 15 is 0 Å². The Labute approximate surface area is 72.5 Å². The second-order valence-corrected chi connectivity index (χ2v) is 7.77. The number of alkyl halides is 5. The Morgan fingerprint density at radius 3 is 1.25 bits per heavy atom. The molecule has 0 bridgehead atoms. The summed E-state index contributed by atoms with van der Waals surface area (Å²) in [5, 5.41) is 0. The van der Waals surface area contributed by atoms with Crippen LogP contribution in [0.4, 0.5) is 13.2 Å². The molecule has 0 heterocycles. The Kier molecular flexibility index (Phi) is 2.86. The lowest BCUT2D eigenvalue weighted by Gasteiger charge is -2.17. The van der Waals surface area contributed by atoms with Crippen LogP contribution in [0.15, 0.2) is 0 Å². The minimum Gasteiger partial charge on any atom is -0.169 e. The third-order valence-corrected chi connectivity index (χ3v) is 1.72. The highest BCUT2D eigenvalue weighted by Crippen LogP contribution is 2.43. The highest BCUT2D eigenvalue weighted by Gasteiger charge is 2.46. The molecule has 0 spiro atoms. The predicted molar refractivity (Wildman–Crippen MR) is 42.5 cm³/mol. The average molecular weight is 350 g/mol. The minimum atomic E-state index is -4.09. The Bertz CT molecular complexity index is 67.5. The number of hydrogen-bond donors (Lipinski definition) is 0. The molecule has 0 saturated heterocycles. The molecular formula is C3H3F3I2. The van der Waals surface area contributed by atoms with Gasteiger partial charge >= 0.3 is 6.18 Å². The van der Waals surface area contributed by atoms with Crippen LogP contribution < -0.4 is 0 Å². The molecule has 50 valence electrons. The van der Waals surface area contributed by atoms with Gasteiger partial charge in [0.15, 0.2) is 1.43 Å². The van der Waals surface area contributed by atoms with Gasteiger partial charge in [-0.15, -0.1) is 0 Å². The molecule has 0 saturated carbocycles. The third-order valence-electron chi connectivity index (χ3n) is 0.498. The lowest BCUT2D eigenvalue weighted by molar-refractivity contribution is -0.125. The van der Waals surface area contributed by atoms with Crippen molar-refractivity contribution < 1.29 is 13.2 Å². The molecule has 8 heavy (non-hydrogen) atoms. The van der Waals surface area contributed by atoms with Gasteiger partial charge in [-0.05, 0) is 6.92 Å². The van der Waals surface area contributed by atoms with E-state index in [1.165, 1.54) is 45.2 Å². The maximum atomic E-state index is 11.5. The van der Waals surface area contributed by atoms with Crippen LogP contribution in [-0.2, 0) is 0 Å². The molecule has 0 aromatic rings. The van der Waals surface area contributed by atoms with Crippen molar-refractivity contribution in [1.29, 1.82) is 0 Å². The lowest BCUT2D eigenvalue weighted by atomic mass is 10.5. The molecule has 0 aliphatic rings. The van der Waals surface area contributed by atoms with E-state index in [0.717, 1.165) is 6.92 Å². The van der Waals surface area contributed by atoms with Crippen LogP contribution in [0.25, 0.3) is 0 Å². The monoisotopic (exact) mass is 350 g/mol. The van der Waals surface area contributed by atoms with E-state index < -0.39 is 7.60 Å². The molecular weight excluding hydrogens is 347 g/mol. The Morgan fingerprint density at radius 2 is 1.25 bits per heavy atom. The third kappa shape index (κ3) is 2.70. The summed E-state index contributed by atoms with van der Waals surface area (Å²) in [7, 11) is 0. The fourth-order valence-electron chi connectivity index (χ4n) is 0. The van der Waals surface area contributed by atoms with Crippen molar-refractivity contribution in [1.82, 2.24) is 0 Å². The topological polar surface area (TPSA) is 0 Å². The van der Waals surface area contributed by atoms with Gasteiger partial charge in [0.2, 0.25) is 0 Å². The Hall–Kier alpha value is 1.25. The van der Waals surface area contributed by atoms with Gasteiger partial charge < -0.3 is 0 Å². The van der Waals surface area contributed by atoms with E-state index in [1.807, 2.05) is 0 Å². The predicted octanol–water partition coefficient (Wildman–Crippen LogP) is 3.13. The van der Waals surface area contributed by atoms with Gasteiger partial charge in [-0.2, -0.15) is 13.2 Å². The van der Waals surface area contributed by atoms with Crippen LogP contribution in [-0.4, -0.2) is 7.60 Å². The van der Waals surface area contributed by atoms with E-state index in [2.05, 4.69) is 0 Å². The molecule has 0 nitrogen and oxygen atoms in total. The molecule has 0 N–H and O–H groups in total. The van der Waals surface area contributed by atoms with Gasteiger partial charge in [-0.3, -0.25) is 0 Å². The van der Waals surface area contributed by atoms with E-state index in [-0.39, 0.29) is 0 Å². The van der Waals surface area contributed by atoms with Gasteiger partial charge in [0.1, 0.15) is 0 Å². The largest absolute Gasteiger partial charge is 0.411 e. The van der Waals surface area contributed by atoms with E-state index in [4.69, 9.17) is 0 Å². The van der Waals surface area contributed by atoms with Crippen molar-refractivity contribution >= 4 is 45.2 Å². The van der Waals surface area contributed by atoms with Crippen molar-refractivity contribution in [3.8, 4) is 0 Å². The summed E-state index contributed by atoms with van der Waals surface area (Å²) in [4.78, 5) is 0. The molecule has 0 fully saturated rings. The minimum absolute atomic E-state index is 1.12. The molecule has 0 radical (unpaired) electrons. The lowest BCUT2D eigenvalue weighted by Crippen LogP contribution is -2.28. The summed E-state index contributed by atoms with van der Waals surface area (Å²) in [5.74, 6) is 0. The highest BCUT2D eigenvalue weighted by molar-refractivity contribution is 14.2. The van der Waals surface area contributed by atoms with E-state index in [0.29, 0.717) is 0 Å². The van der Waals surface area contributed by atoms with Crippen LogP contribution in [0.3, 0.4) is 0 Å². The smallest absolute Gasteiger partial charge is 0.169 e. The molecule has 0 atom stereocenters. The van der Waals surface area contributed by atoms with Gasteiger partial charge in [-0.25, -0.2) is 0 Å². The zero-order valence-corrected chi connectivity index (χ0v) is 8.20. The van der Waals surface area contributed by atoms with E-state index in [9.17, 15) is 13.2 Å². The Balaban J connectivity index is 4.02. The quantitative estimate of drug-likeness (QED) is 0.465. The van der Waals surface area contributed by atoms with E-state index in [1.54, 1.807) is 0 Å². The maximum absolute atomic E-state index is 11.5. The molecule has 0 rings (SSSR count). The Morgan fingerprint density at radius 1 is 1.12 bits per heavy atom. The molecule has 0 unspecified atom stereocenters. The summed E-state index contributed by atoms with van der Waals surface area (Å²) in [6, 6.07) is 0. The maximum Gasteiger partial charge on any atom is 0.411 e. The van der Waals surface area contributed by atoms with Crippen LogP contribution in [0.1, 0.15) is 6.92 Å². The SMILES string of the molecule is CC(I)(I)C(F)(F)F. The average Bonchev–Trinajstić information content (AvgIpc) is 1.25. The summed E-state index contributed by atoms with van der Waals surface area (Å²) in [6.07, 6.45) is -4.09. The van der Waals surface area contributed by atoms with Gasteiger partial charge in [0.05, 0.1) is 0 Å². The first-order valence-corrected chi connectivity index (χ1v) is 3.85. The second kappa shape index (κ2) is 2.47. The standard InChI is InChI=1S/C3H3F3I2/c1-2(7,8)3(4,5)6/h1H3. The summed E-state index contributed by atoms with van der Waals surface area (Å²) in [6.45, 7) is 1.12. The summed E-state index contributed by atoms with van der Waals surface area (Å²) < 4.78 is 33.0. The first-order chi connectivity index (χ1) is 3.25.